The zero-order chi connectivity index (χ0) is 9.80. The number of hydrogen-bond donors (Lipinski definition) is 2. The van der Waals surface area contributed by atoms with Gasteiger partial charge in [-0.05, 0) is 25.5 Å². The highest BCUT2D eigenvalue weighted by Crippen LogP contribution is 2.10. The predicted octanol–water partition coefficient (Wildman–Crippen LogP) is 1.29. The normalized spacial score (nSPS) is 21.9. The molecule has 1 atom stereocenters. The summed E-state index contributed by atoms with van der Waals surface area (Å²) in [7, 11) is 0. The molecule has 1 aliphatic rings. The van der Waals surface area contributed by atoms with Gasteiger partial charge in [0.05, 0.1) is 0 Å². The summed E-state index contributed by atoms with van der Waals surface area (Å²) in [6, 6.07) is 2.09. The molecule has 0 spiro atoms. The number of aromatic nitrogens is 2. The summed E-state index contributed by atoms with van der Waals surface area (Å²) in [5, 5.41) is 7.05. The average molecular weight is 213 g/mol. The fraction of sp³-hybridized carbons (Fsp3) is 0.556. The van der Waals surface area contributed by atoms with Crippen molar-refractivity contribution < 1.29 is 0 Å². The highest BCUT2D eigenvalue weighted by Gasteiger charge is 2.13. The van der Waals surface area contributed by atoms with Gasteiger partial charge in [-0.3, -0.25) is 0 Å². The quantitative estimate of drug-likeness (QED) is 0.726. The van der Waals surface area contributed by atoms with Gasteiger partial charge in [0.2, 0.25) is 5.95 Å². The van der Waals surface area contributed by atoms with Gasteiger partial charge in [0, 0.05) is 18.8 Å². The molecule has 2 heterocycles. The van der Waals surface area contributed by atoms with Crippen molar-refractivity contribution in [1.82, 2.24) is 15.3 Å². The van der Waals surface area contributed by atoms with Gasteiger partial charge in [-0.1, -0.05) is 11.6 Å². The fourth-order valence-electron chi connectivity index (χ4n) is 1.56. The van der Waals surface area contributed by atoms with E-state index < -0.39 is 0 Å². The summed E-state index contributed by atoms with van der Waals surface area (Å²) in [4.78, 5) is 8.18. The number of hydrogen-bond acceptors (Lipinski definition) is 4. The number of piperidine rings is 1. The van der Waals surface area contributed by atoms with Crippen molar-refractivity contribution >= 4 is 17.5 Å². The van der Waals surface area contributed by atoms with Crippen molar-refractivity contribution in [3.8, 4) is 0 Å². The van der Waals surface area contributed by atoms with E-state index >= 15 is 0 Å². The van der Waals surface area contributed by atoms with Gasteiger partial charge in [0.25, 0.3) is 0 Å². The van der Waals surface area contributed by atoms with Crippen LogP contribution in [-0.4, -0.2) is 29.1 Å². The van der Waals surface area contributed by atoms with Crippen LogP contribution in [0.4, 0.5) is 5.95 Å². The molecule has 0 aliphatic carbocycles. The van der Waals surface area contributed by atoms with Crippen molar-refractivity contribution in [2.24, 2.45) is 0 Å². The van der Waals surface area contributed by atoms with Crippen molar-refractivity contribution in [3.05, 3.63) is 17.4 Å². The van der Waals surface area contributed by atoms with Crippen LogP contribution in [0.2, 0.25) is 5.15 Å². The molecular weight excluding hydrogens is 200 g/mol. The van der Waals surface area contributed by atoms with Crippen molar-refractivity contribution in [2.45, 2.75) is 18.9 Å². The molecule has 4 nitrogen and oxygen atoms in total. The lowest BCUT2D eigenvalue weighted by Crippen LogP contribution is -2.38. The molecule has 1 saturated heterocycles. The van der Waals surface area contributed by atoms with Gasteiger partial charge in [-0.25, -0.2) is 9.97 Å². The summed E-state index contributed by atoms with van der Waals surface area (Å²) < 4.78 is 0. The zero-order valence-corrected chi connectivity index (χ0v) is 8.59. The van der Waals surface area contributed by atoms with E-state index in [2.05, 4.69) is 20.6 Å². The van der Waals surface area contributed by atoms with Crippen LogP contribution in [0, 0.1) is 0 Å². The molecule has 2 rings (SSSR count). The lowest BCUT2D eigenvalue weighted by molar-refractivity contribution is 0.478. The van der Waals surface area contributed by atoms with Crippen molar-refractivity contribution in [3.63, 3.8) is 0 Å². The third kappa shape index (κ3) is 2.56. The molecule has 5 heteroatoms. The molecule has 1 aromatic rings. The molecule has 0 aromatic carbocycles. The van der Waals surface area contributed by atoms with E-state index in [1.54, 1.807) is 12.3 Å². The molecule has 14 heavy (non-hydrogen) atoms. The van der Waals surface area contributed by atoms with Crippen molar-refractivity contribution in [2.75, 3.05) is 18.4 Å². The summed E-state index contributed by atoms with van der Waals surface area (Å²) in [5.41, 5.74) is 0. The molecule has 0 radical (unpaired) electrons. The fourth-order valence-corrected chi connectivity index (χ4v) is 1.70. The van der Waals surface area contributed by atoms with Crippen LogP contribution in [0.3, 0.4) is 0 Å². The number of nitrogens with zero attached hydrogens (tertiary/aromatic N) is 2. The Morgan fingerprint density at radius 2 is 2.50 bits per heavy atom. The van der Waals surface area contributed by atoms with E-state index in [0.717, 1.165) is 19.5 Å². The second-order valence-electron chi connectivity index (χ2n) is 3.39. The molecule has 1 aliphatic heterocycles. The first-order chi connectivity index (χ1) is 6.84. The largest absolute Gasteiger partial charge is 0.350 e. The van der Waals surface area contributed by atoms with Gasteiger partial charge in [-0.15, -0.1) is 0 Å². The van der Waals surface area contributed by atoms with Gasteiger partial charge in [0.1, 0.15) is 5.15 Å². The van der Waals surface area contributed by atoms with Crippen LogP contribution in [-0.2, 0) is 0 Å². The van der Waals surface area contributed by atoms with Crippen LogP contribution in [0.5, 0.6) is 0 Å². The molecule has 0 bridgehead atoms. The molecule has 1 fully saturated rings. The third-order valence-corrected chi connectivity index (χ3v) is 2.46. The summed E-state index contributed by atoms with van der Waals surface area (Å²) in [6.07, 6.45) is 4.01. The summed E-state index contributed by atoms with van der Waals surface area (Å²) >= 11 is 5.76. The number of halogens is 1. The standard InChI is InChI=1S/C9H13ClN4/c10-8-3-5-12-9(14-8)13-7-2-1-4-11-6-7/h3,5,7,11H,1-2,4,6H2,(H,12,13,14). The Labute approximate surface area is 88.1 Å². The van der Waals surface area contributed by atoms with E-state index in [0.29, 0.717) is 17.1 Å². The predicted molar refractivity (Wildman–Crippen MR) is 56.6 cm³/mol. The Hall–Kier alpha value is -0.870. The van der Waals surface area contributed by atoms with Crippen LogP contribution >= 0.6 is 11.6 Å². The third-order valence-electron chi connectivity index (χ3n) is 2.25. The van der Waals surface area contributed by atoms with E-state index in [9.17, 15) is 0 Å². The maximum Gasteiger partial charge on any atom is 0.224 e. The second-order valence-corrected chi connectivity index (χ2v) is 3.78. The number of nitrogens with one attached hydrogen (secondary N) is 2. The zero-order valence-electron chi connectivity index (χ0n) is 7.83. The average Bonchev–Trinajstić information content (AvgIpc) is 2.19. The van der Waals surface area contributed by atoms with Gasteiger partial charge < -0.3 is 10.6 Å². The monoisotopic (exact) mass is 212 g/mol. The van der Waals surface area contributed by atoms with E-state index in [4.69, 9.17) is 11.6 Å². The first-order valence-corrected chi connectivity index (χ1v) is 5.18. The lowest BCUT2D eigenvalue weighted by Gasteiger charge is -2.23. The van der Waals surface area contributed by atoms with E-state index in [-0.39, 0.29) is 0 Å². The molecule has 0 saturated carbocycles. The minimum absolute atomic E-state index is 0.419. The SMILES string of the molecule is Clc1ccnc(NC2CCCNC2)n1. The maximum atomic E-state index is 5.76. The number of rotatable bonds is 2. The van der Waals surface area contributed by atoms with Crippen LogP contribution < -0.4 is 10.6 Å². The Bertz CT molecular complexity index is 299. The molecule has 76 valence electrons. The van der Waals surface area contributed by atoms with Crippen LogP contribution in [0.15, 0.2) is 12.3 Å². The minimum atomic E-state index is 0.419. The Kier molecular flexibility index (Phi) is 3.16. The van der Waals surface area contributed by atoms with Crippen LogP contribution in [0.25, 0.3) is 0 Å². The van der Waals surface area contributed by atoms with Gasteiger partial charge >= 0.3 is 0 Å². The summed E-state index contributed by atoms with van der Waals surface area (Å²) in [5.74, 6) is 0.617. The lowest BCUT2D eigenvalue weighted by atomic mass is 10.1. The maximum absolute atomic E-state index is 5.76. The Morgan fingerprint density at radius 3 is 3.21 bits per heavy atom. The highest BCUT2D eigenvalue weighted by molar-refractivity contribution is 6.29. The van der Waals surface area contributed by atoms with Gasteiger partial charge in [-0.2, -0.15) is 0 Å². The topological polar surface area (TPSA) is 49.8 Å². The smallest absolute Gasteiger partial charge is 0.224 e. The Balaban J connectivity index is 1.95. The molecule has 1 aromatic heterocycles. The molecule has 1 unspecified atom stereocenters. The first kappa shape index (κ1) is 9.68. The molecule has 0 amide bonds. The second kappa shape index (κ2) is 4.57. The van der Waals surface area contributed by atoms with Crippen molar-refractivity contribution in [1.29, 1.82) is 0 Å². The minimum Gasteiger partial charge on any atom is -0.350 e. The van der Waals surface area contributed by atoms with E-state index in [1.165, 1.54) is 6.42 Å². The van der Waals surface area contributed by atoms with Crippen LogP contribution in [0.1, 0.15) is 12.8 Å². The van der Waals surface area contributed by atoms with Gasteiger partial charge in [0.15, 0.2) is 0 Å². The molecule has 2 N–H and O–H groups in total. The highest BCUT2D eigenvalue weighted by atomic mass is 35.5. The van der Waals surface area contributed by atoms with E-state index in [1.807, 2.05) is 0 Å². The summed E-state index contributed by atoms with van der Waals surface area (Å²) in [6.45, 7) is 2.07. The number of anilines is 1. The first-order valence-electron chi connectivity index (χ1n) is 4.80. The molecular formula is C9H13ClN4. The Morgan fingerprint density at radius 1 is 1.57 bits per heavy atom.